The van der Waals surface area contributed by atoms with Gasteiger partial charge in [0.05, 0.1) is 12.7 Å². The molecule has 38 heavy (non-hydrogen) atoms. The van der Waals surface area contributed by atoms with Crippen molar-refractivity contribution in [1.29, 1.82) is 0 Å². The smallest absolute Gasteiger partial charge is 0.201 e. The SMILES string of the molecule is C=CCCOc1ccc(/C=C/C2CCC(c3ccc(C4CCC(C(C)O)CC4)c(F)c3F)CC2)c(F)c1F. The van der Waals surface area contributed by atoms with Crippen LogP contribution in [0.5, 0.6) is 5.75 Å². The number of rotatable bonds is 9. The van der Waals surface area contributed by atoms with Gasteiger partial charge in [0.15, 0.2) is 23.2 Å². The molecule has 0 spiro atoms. The molecule has 2 aromatic rings. The Morgan fingerprint density at radius 2 is 1.42 bits per heavy atom. The van der Waals surface area contributed by atoms with Gasteiger partial charge in [0.1, 0.15) is 0 Å². The number of aliphatic hydroxyl groups is 1. The Balaban J connectivity index is 1.35. The van der Waals surface area contributed by atoms with Crippen LogP contribution in [0.15, 0.2) is 43.0 Å². The van der Waals surface area contributed by atoms with E-state index in [-0.39, 0.29) is 47.7 Å². The molecule has 0 radical (unpaired) electrons. The highest BCUT2D eigenvalue weighted by Crippen LogP contribution is 2.42. The fourth-order valence-electron chi connectivity index (χ4n) is 6.02. The lowest BCUT2D eigenvalue weighted by molar-refractivity contribution is 0.0963. The fraction of sp³-hybridized carbons (Fsp3) is 0.500. The summed E-state index contributed by atoms with van der Waals surface area (Å²) in [5.41, 5.74) is 1.05. The number of benzene rings is 2. The molecule has 0 heterocycles. The van der Waals surface area contributed by atoms with Crippen molar-refractivity contribution in [3.63, 3.8) is 0 Å². The Morgan fingerprint density at radius 1 is 0.842 bits per heavy atom. The van der Waals surface area contributed by atoms with Gasteiger partial charge in [-0.3, -0.25) is 0 Å². The summed E-state index contributed by atoms with van der Waals surface area (Å²) >= 11 is 0. The van der Waals surface area contributed by atoms with Crippen LogP contribution in [-0.2, 0) is 0 Å². The molecular weight excluding hydrogens is 492 g/mol. The highest BCUT2D eigenvalue weighted by Gasteiger charge is 2.30. The minimum atomic E-state index is -1.00. The van der Waals surface area contributed by atoms with Gasteiger partial charge in [-0.25, -0.2) is 13.2 Å². The second-order valence-corrected chi connectivity index (χ2v) is 10.9. The molecule has 1 N–H and O–H groups in total. The maximum Gasteiger partial charge on any atom is 0.201 e. The molecule has 4 rings (SSSR count). The number of halogens is 4. The van der Waals surface area contributed by atoms with Crippen LogP contribution in [0.1, 0.15) is 93.2 Å². The lowest BCUT2D eigenvalue weighted by Crippen LogP contribution is -2.23. The first-order valence-electron chi connectivity index (χ1n) is 13.9. The average molecular weight is 531 g/mol. The van der Waals surface area contributed by atoms with Crippen LogP contribution < -0.4 is 4.74 Å². The number of ether oxygens (including phenoxy) is 1. The Labute approximate surface area is 223 Å². The zero-order valence-electron chi connectivity index (χ0n) is 22.1. The molecule has 2 saturated carbocycles. The summed E-state index contributed by atoms with van der Waals surface area (Å²) in [6.07, 6.45) is 11.4. The zero-order chi connectivity index (χ0) is 27.2. The van der Waals surface area contributed by atoms with Crippen LogP contribution in [-0.4, -0.2) is 17.8 Å². The van der Waals surface area contributed by atoms with Crippen LogP contribution in [0.25, 0.3) is 6.08 Å². The van der Waals surface area contributed by atoms with E-state index in [9.17, 15) is 13.9 Å². The highest BCUT2D eigenvalue weighted by atomic mass is 19.2. The van der Waals surface area contributed by atoms with Gasteiger partial charge in [0.25, 0.3) is 0 Å². The van der Waals surface area contributed by atoms with E-state index < -0.39 is 23.3 Å². The molecule has 1 atom stereocenters. The molecule has 2 nitrogen and oxygen atoms in total. The van der Waals surface area contributed by atoms with Crippen LogP contribution in [0.3, 0.4) is 0 Å². The quantitative estimate of drug-likeness (QED) is 0.199. The predicted octanol–water partition coefficient (Wildman–Crippen LogP) is 8.84. The molecule has 2 aromatic carbocycles. The second kappa shape index (κ2) is 13.0. The molecule has 0 saturated heterocycles. The first-order chi connectivity index (χ1) is 18.3. The molecule has 206 valence electrons. The Kier molecular flexibility index (Phi) is 9.69. The predicted molar refractivity (Wildman–Crippen MR) is 143 cm³/mol. The van der Waals surface area contributed by atoms with Gasteiger partial charge in [-0.2, -0.15) is 4.39 Å². The summed E-state index contributed by atoms with van der Waals surface area (Å²) in [7, 11) is 0. The van der Waals surface area contributed by atoms with Gasteiger partial charge in [-0.05, 0) is 112 Å². The molecule has 0 aliphatic heterocycles. The molecular formula is C32H38F4O2. The Morgan fingerprint density at radius 3 is 1.97 bits per heavy atom. The number of allylic oxidation sites excluding steroid dienone is 1. The average Bonchev–Trinajstić information content (AvgIpc) is 2.92. The van der Waals surface area contributed by atoms with Gasteiger partial charge in [-0.1, -0.05) is 30.4 Å². The van der Waals surface area contributed by atoms with E-state index in [1.165, 1.54) is 12.1 Å². The van der Waals surface area contributed by atoms with Crippen molar-refractivity contribution in [2.24, 2.45) is 11.8 Å². The summed E-state index contributed by atoms with van der Waals surface area (Å²) in [5, 5.41) is 9.81. The summed E-state index contributed by atoms with van der Waals surface area (Å²) in [6, 6.07) is 6.44. The van der Waals surface area contributed by atoms with E-state index >= 15 is 8.78 Å². The topological polar surface area (TPSA) is 29.5 Å². The van der Waals surface area contributed by atoms with Crippen molar-refractivity contribution in [1.82, 2.24) is 0 Å². The van der Waals surface area contributed by atoms with Gasteiger partial charge in [0.2, 0.25) is 5.82 Å². The standard InChI is InChI=1S/C32H38F4O2/c1-3-4-19-38-28-18-15-25(29(33)32(28)36)10-7-21-5-8-23(9-6-21)26-16-17-27(31(35)30(26)34)24-13-11-22(12-14-24)20(2)37/h3,7,10,15-18,20-24,37H,1,4-6,8-9,11-14,19H2,2H3/b10-7+. The van der Waals surface area contributed by atoms with Crippen molar-refractivity contribution in [3.8, 4) is 5.75 Å². The minimum Gasteiger partial charge on any atom is -0.490 e. The Bertz CT molecular complexity index is 1130. The third-order valence-corrected chi connectivity index (χ3v) is 8.45. The van der Waals surface area contributed by atoms with Crippen molar-refractivity contribution in [3.05, 3.63) is 83.0 Å². The third-order valence-electron chi connectivity index (χ3n) is 8.45. The molecule has 2 aliphatic rings. The van der Waals surface area contributed by atoms with Crippen LogP contribution in [0.2, 0.25) is 0 Å². The van der Waals surface area contributed by atoms with Crippen molar-refractivity contribution < 1.29 is 27.4 Å². The van der Waals surface area contributed by atoms with Crippen molar-refractivity contribution in [2.75, 3.05) is 6.61 Å². The zero-order valence-corrected chi connectivity index (χ0v) is 22.1. The summed E-state index contributed by atoms with van der Waals surface area (Å²) in [4.78, 5) is 0. The molecule has 2 aliphatic carbocycles. The summed E-state index contributed by atoms with van der Waals surface area (Å²) in [6.45, 7) is 5.60. The maximum absolute atomic E-state index is 15.2. The normalized spacial score (nSPS) is 24.9. The lowest BCUT2D eigenvalue weighted by Gasteiger charge is -2.31. The van der Waals surface area contributed by atoms with E-state index in [0.29, 0.717) is 30.4 Å². The van der Waals surface area contributed by atoms with Crippen LogP contribution in [0, 0.1) is 35.1 Å². The van der Waals surface area contributed by atoms with E-state index in [2.05, 4.69) is 6.58 Å². The lowest BCUT2D eigenvalue weighted by atomic mass is 9.75. The second-order valence-electron chi connectivity index (χ2n) is 10.9. The van der Waals surface area contributed by atoms with E-state index in [1.54, 1.807) is 31.2 Å². The van der Waals surface area contributed by atoms with Crippen molar-refractivity contribution in [2.45, 2.75) is 82.7 Å². The summed E-state index contributed by atoms with van der Waals surface area (Å²) in [5.74, 6) is -3.18. The molecule has 0 aromatic heterocycles. The molecule has 6 heteroatoms. The molecule has 2 fully saturated rings. The Hall–Kier alpha value is -2.60. The monoisotopic (exact) mass is 530 g/mol. The van der Waals surface area contributed by atoms with Gasteiger partial charge in [-0.15, -0.1) is 6.58 Å². The first-order valence-corrected chi connectivity index (χ1v) is 13.9. The molecule has 1 unspecified atom stereocenters. The van der Waals surface area contributed by atoms with E-state index in [4.69, 9.17) is 4.74 Å². The van der Waals surface area contributed by atoms with E-state index in [0.717, 1.165) is 38.5 Å². The first kappa shape index (κ1) is 28.4. The van der Waals surface area contributed by atoms with Crippen LogP contribution in [0.4, 0.5) is 17.6 Å². The van der Waals surface area contributed by atoms with Crippen molar-refractivity contribution >= 4 is 6.08 Å². The molecule has 0 amide bonds. The number of aliphatic hydroxyl groups excluding tert-OH is 1. The van der Waals surface area contributed by atoms with Gasteiger partial charge in [0, 0.05) is 5.56 Å². The van der Waals surface area contributed by atoms with E-state index in [1.807, 2.05) is 6.08 Å². The largest absolute Gasteiger partial charge is 0.490 e. The van der Waals surface area contributed by atoms with Crippen LogP contribution >= 0.6 is 0 Å². The number of hydrogen-bond donors (Lipinski definition) is 1. The molecule has 0 bridgehead atoms. The van der Waals surface area contributed by atoms with Gasteiger partial charge < -0.3 is 9.84 Å². The fourth-order valence-corrected chi connectivity index (χ4v) is 6.02. The highest BCUT2D eigenvalue weighted by molar-refractivity contribution is 5.52. The number of hydrogen-bond acceptors (Lipinski definition) is 2. The maximum atomic E-state index is 15.2. The minimum absolute atomic E-state index is 0.00701. The van der Waals surface area contributed by atoms with Gasteiger partial charge >= 0.3 is 0 Å². The summed E-state index contributed by atoms with van der Waals surface area (Å²) < 4.78 is 64.4. The third kappa shape index (κ3) is 6.51.